The van der Waals surface area contributed by atoms with Gasteiger partial charge in [0, 0.05) is 24.2 Å². The highest BCUT2D eigenvalue weighted by Gasteiger charge is 2.15. The van der Waals surface area contributed by atoms with Crippen molar-refractivity contribution in [3.63, 3.8) is 0 Å². The quantitative estimate of drug-likeness (QED) is 0.671. The number of benzene rings is 1. The zero-order valence-corrected chi connectivity index (χ0v) is 16.3. The zero-order valence-electron chi connectivity index (χ0n) is 14.8. The van der Waals surface area contributed by atoms with Gasteiger partial charge in [0.2, 0.25) is 11.1 Å². The Morgan fingerprint density at radius 2 is 2.00 bits per heavy atom. The minimum Gasteiger partial charge on any atom is -0.349 e. The topological polar surface area (TPSA) is 72.7 Å². The van der Waals surface area contributed by atoms with E-state index in [2.05, 4.69) is 34.7 Å². The Morgan fingerprint density at radius 1 is 1.28 bits per heavy atom. The molecular formula is C17H24ClN5OS. The number of aromatic nitrogens is 4. The molecular weight excluding hydrogens is 358 g/mol. The number of nitrogens with one attached hydrogen (secondary N) is 1. The summed E-state index contributed by atoms with van der Waals surface area (Å²) < 4.78 is 1.60. The van der Waals surface area contributed by atoms with Gasteiger partial charge in [-0.05, 0) is 46.9 Å². The molecule has 8 heteroatoms. The van der Waals surface area contributed by atoms with Crippen LogP contribution in [0.3, 0.4) is 0 Å². The van der Waals surface area contributed by atoms with Crippen LogP contribution in [-0.2, 0) is 11.8 Å². The van der Waals surface area contributed by atoms with Crippen LogP contribution in [0.1, 0.15) is 44.7 Å². The average Bonchev–Trinajstić information content (AvgIpc) is 2.97. The molecule has 1 atom stereocenters. The van der Waals surface area contributed by atoms with Crippen molar-refractivity contribution >= 4 is 29.3 Å². The second-order valence-electron chi connectivity index (χ2n) is 6.33. The van der Waals surface area contributed by atoms with Crippen molar-refractivity contribution in [2.24, 2.45) is 13.0 Å². The van der Waals surface area contributed by atoms with Crippen LogP contribution in [0, 0.1) is 5.92 Å². The third-order valence-corrected chi connectivity index (χ3v) is 5.05. The third kappa shape index (κ3) is 6.66. The average molecular weight is 382 g/mol. The summed E-state index contributed by atoms with van der Waals surface area (Å²) in [6, 6.07) is 7.69. The van der Waals surface area contributed by atoms with Gasteiger partial charge in [0.05, 0.1) is 6.04 Å². The summed E-state index contributed by atoms with van der Waals surface area (Å²) in [6.07, 6.45) is 2.38. The van der Waals surface area contributed by atoms with E-state index >= 15 is 0 Å². The Balaban J connectivity index is 1.89. The first kappa shape index (κ1) is 19.7. The predicted octanol–water partition coefficient (Wildman–Crippen LogP) is 3.64. The van der Waals surface area contributed by atoms with Crippen molar-refractivity contribution in [1.29, 1.82) is 0 Å². The lowest BCUT2D eigenvalue weighted by molar-refractivity contribution is -0.121. The number of rotatable bonds is 9. The second-order valence-corrected chi connectivity index (χ2v) is 7.82. The molecule has 25 heavy (non-hydrogen) atoms. The first-order valence-corrected chi connectivity index (χ1v) is 9.72. The van der Waals surface area contributed by atoms with Crippen molar-refractivity contribution in [3.05, 3.63) is 34.9 Å². The summed E-state index contributed by atoms with van der Waals surface area (Å²) in [5.41, 5.74) is 1.09. The number of tetrazole rings is 1. The molecule has 1 N–H and O–H groups in total. The first-order chi connectivity index (χ1) is 12.0. The third-order valence-electron chi connectivity index (χ3n) is 3.78. The number of halogens is 1. The number of nitrogens with zero attached hydrogens (tertiary/aromatic N) is 4. The summed E-state index contributed by atoms with van der Waals surface area (Å²) in [5, 5.41) is 15.8. The summed E-state index contributed by atoms with van der Waals surface area (Å²) in [7, 11) is 1.78. The van der Waals surface area contributed by atoms with E-state index in [1.807, 2.05) is 24.3 Å². The van der Waals surface area contributed by atoms with Crippen LogP contribution in [0.2, 0.25) is 5.02 Å². The molecule has 1 aromatic heterocycles. The number of hydrogen-bond donors (Lipinski definition) is 1. The van der Waals surface area contributed by atoms with E-state index in [4.69, 9.17) is 11.6 Å². The van der Waals surface area contributed by atoms with Gasteiger partial charge in [0.1, 0.15) is 0 Å². The van der Waals surface area contributed by atoms with Crippen LogP contribution in [0.25, 0.3) is 0 Å². The maximum atomic E-state index is 12.3. The van der Waals surface area contributed by atoms with Gasteiger partial charge in [0.15, 0.2) is 0 Å². The maximum Gasteiger partial charge on any atom is 0.221 e. The van der Waals surface area contributed by atoms with Crippen LogP contribution in [0.5, 0.6) is 0 Å². The number of thioether (sulfide) groups is 1. The standard InChI is InChI=1S/C17H24ClN5OS/c1-12(2)4-9-15(13-5-7-14(18)8-6-13)19-16(24)10-11-25-17-20-21-22-23(17)3/h5-8,12,15H,4,9-11H2,1-3H3,(H,19,24). The van der Waals surface area contributed by atoms with Gasteiger partial charge in [-0.3, -0.25) is 4.79 Å². The van der Waals surface area contributed by atoms with Crippen molar-refractivity contribution in [2.75, 3.05) is 5.75 Å². The molecule has 0 radical (unpaired) electrons. The number of amides is 1. The Labute approximate surface area is 157 Å². The van der Waals surface area contributed by atoms with Gasteiger partial charge in [-0.25, -0.2) is 4.68 Å². The molecule has 1 unspecified atom stereocenters. The van der Waals surface area contributed by atoms with E-state index in [1.54, 1.807) is 11.7 Å². The van der Waals surface area contributed by atoms with Crippen LogP contribution in [-0.4, -0.2) is 31.9 Å². The minimum atomic E-state index is 0.00802. The summed E-state index contributed by atoms with van der Waals surface area (Å²) in [6.45, 7) is 4.37. The smallest absolute Gasteiger partial charge is 0.221 e. The number of aryl methyl sites for hydroxylation is 1. The van der Waals surface area contributed by atoms with Crippen LogP contribution in [0.4, 0.5) is 0 Å². The molecule has 0 bridgehead atoms. The fourth-order valence-electron chi connectivity index (χ4n) is 2.36. The molecule has 6 nitrogen and oxygen atoms in total. The van der Waals surface area contributed by atoms with Gasteiger partial charge >= 0.3 is 0 Å². The lowest BCUT2D eigenvalue weighted by atomic mass is 9.97. The molecule has 0 aliphatic rings. The number of hydrogen-bond acceptors (Lipinski definition) is 5. The van der Waals surface area contributed by atoms with Gasteiger partial charge in [-0.1, -0.05) is 49.3 Å². The van der Waals surface area contributed by atoms with Crippen LogP contribution in [0.15, 0.2) is 29.4 Å². The van der Waals surface area contributed by atoms with E-state index in [1.165, 1.54) is 11.8 Å². The highest BCUT2D eigenvalue weighted by atomic mass is 35.5. The molecule has 1 amide bonds. The summed E-state index contributed by atoms with van der Waals surface area (Å²) in [5.74, 6) is 1.26. The minimum absolute atomic E-state index is 0.00802. The fraction of sp³-hybridized carbons (Fsp3) is 0.529. The molecule has 0 aliphatic carbocycles. The van der Waals surface area contributed by atoms with Gasteiger partial charge < -0.3 is 5.32 Å². The molecule has 2 rings (SSSR count). The van der Waals surface area contributed by atoms with Crippen LogP contribution < -0.4 is 5.32 Å². The Morgan fingerprint density at radius 3 is 2.60 bits per heavy atom. The molecule has 0 fully saturated rings. The Kier molecular flexibility index (Phi) is 7.71. The van der Waals surface area contributed by atoms with E-state index in [0.29, 0.717) is 28.3 Å². The molecule has 0 saturated carbocycles. The van der Waals surface area contributed by atoms with Gasteiger partial charge in [-0.2, -0.15) is 0 Å². The highest BCUT2D eigenvalue weighted by Crippen LogP contribution is 2.23. The highest BCUT2D eigenvalue weighted by molar-refractivity contribution is 7.99. The zero-order chi connectivity index (χ0) is 18.2. The largest absolute Gasteiger partial charge is 0.349 e. The lowest BCUT2D eigenvalue weighted by Gasteiger charge is -2.20. The van der Waals surface area contributed by atoms with Crippen LogP contribution >= 0.6 is 23.4 Å². The van der Waals surface area contributed by atoms with E-state index in [0.717, 1.165) is 18.4 Å². The molecule has 1 aromatic carbocycles. The molecule has 0 spiro atoms. The normalized spacial score (nSPS) is 12.4. The van der Waals surface area contributed by atoms with Crippen molar-refractivity contribution < 1.29 is 4.79 Å². The van der Waals surface area contributed by atoms with Gasteiger partial charge in [0.25, 0.3) is 0 Å². The van der Waals surface area contributed by atoms with Crippen molar-refractivity contribution in [3.8, 4) is 0 Å². The van der Waals surface area contributed by atoms with Crippen molar-refractivity contribution in [1.82, 2.24) is 25.5 Å². The predicted molar refractivity (Wildman–Crippen MR) is 101 cm³/mol. The Bertz CT molecular complexity index is 674. The van der Waals surface area contributed by atoms with E-state index in [9.17, 15) is 4.79 Å². The lowest BCUT2D eigenvalue weighted by Crippen LogP contribution is -2.29. The molecule has 1 heterocycles. The van der Waals surface area contributed by atoms with Crippen molar-refractivity contribution in [2.45, 2.75) is 44.3 Å². The molecule has 136 valence electrons. The molecule has 0 saturated heterocycles. The van der Waals surface area contributed by atoms with E-state index < -0.39 is 0 Å². The molecule has 0 aliphatic heterocycles. The SMILES string of the molecule is CC(C)CCC(NC(=O)CCSc1nnnn1C)c1ccc(Cl)cc1. The number of carbonyl (C=O) groups excluding carboxylic acids is 1. The summed E-state index contributed by atoms with van der Waals surface area (Å²) in [4.78, 5) is 12.3. The Hall–Kier alpha value is -1.60. The molecule has 2 aromatic rings. The first-order valence-electron chi connectivity index (χ1n) is 8.35. The second kappa shape index (κ2) is 9.77. The maximum absolute atomic E-state index is 12.3. The number of carbonyl (C=O) groups is 1. The van der Waals surface area contributed by atoms with E-state index in [-0.39, 0.29) is 11.9 Å². The van der Waals surface area contributed by atoms with Gasteiger partial charge in [-0.15, -0.1) is 5.10 Å². The fourth-order valence-corrected chi connectivity index (χ4v) is 3.28. The monoisotopic (exact) mass is 381 g/mol. The summed E-state index contributed by atoms with van der Waals surface area (Å²) >= 11 is 7.45.